The SMILES string of the molecule is C=C1/C(=C\C=C2CCC[C@]3(C)[C@@H]([C@H](C)C(O)CC(=O)N(CC)CC)CC[C@@H]23)C[C@H](O)C[C@H]1O. The predicted octanol–water partition coefficient (Wildman–Crippen LogP) is 4.38. The molecule has 0 aromatic carbocycles. The molecule has 7 atom stereocenters. The van der Waals surface area contributed by atoms with E-state index in [0.29, 0.717) is 37.8 Å². The van der Waals surface area contributed by atoms with Gasteiger partial charge in [-0.05, 0) is 86.7 Å². The molecule has 3 N–H and O–H groups in total. The van der Waals surface area contributed by atoms with Gasteiger partial charge >= 0.3 is 0 Å². The minimum atomic E-state index is -0.660. The van der Waals surface area contributed by atoms with Gasteiger partial charge in [0, 0.05) is 19.5 Å². The van der Waals surface area contributed by atoms with Crippen LogP contribution in [0.3, 0.4) is 0 Å². The molecular formula is C28H45NO4. The van der Waals surface area contributed by atoms with Crippen LogP contribution in [-0.4, -0.2) is 57.5 Å². The Hall–Kier alpha value is -1.43. The zero-order chi connectivity index (χ0) is 24.3. The lowest BCUT2D eigenvalue weighted by Crippen LogP contribution is -2.41. The molecule has 186 valence electrons. The summed E-state index contributed by atoms with van der Waals surface area (Å²) >= 11 is 0. The van der Waals surface area contributed by atoms with Crippen LogP contribution in [0.5, 0.6) is 0 Å². The fourth-order valence-electron chi connectivity index (χ4n) is 6.95. The van der Waals surface area contributed by atoms with Crippen molar-refractivity contribution in [1.82, 2.24) is 4.90 Å². The Morgan fingerprint density at radius 1 is 1.24 bits per heavy atom. The van der Waals surface area contributed by atoms with Gasteiger partial charge in [0.25, 0.3) is 0 Å². The molecule has 0 aromatic heterocycles. The smallest absolute Gasteiger partial charge is 0.225 e. The number of allylic oxidation sites excluding steroid dienone is 3. The van der Waals surface area contributed by atoms with Crippen molar-refractivity contribution in [2.45, 2.75) is 97.4 Å². The molecule has 0 spiro atoms. The number of aliphatic hydroxyl groups excluding tert-OH is 3. The summed E-state index contributed by atoms with van der Waals surface area (Å²) in [6.07, 6.45) is 9.20. The van der Waals surface area contributed by atoms with Crippen LogP contribution >= 0.6 is 0 Å². The van der Waals surface area contributed by atoms with Crippen LogP contribution < -0.4 is 0 Å². The van der Waals surface area contributed by atoms with E-state index >= 15 is 0 Å². The van der Waals surface area contributed by atoms with E-state index in [-0.39, 0.29) is 23.7 Å². The Bertz CT molecular complexity index is 783. The maximum atomic E-state index is 12.6. The highest BCUT2D eigenvalue weighted by Crippen LogP contribution is 2.59. The van der Waals surface area contributed by atoms with E-state index < -0.39 is 18.3 Å². The first kappa shape index (κ1) is 26.2. The molecule has 0 aliphatic heterocycles. The summed E-state index contributed by atoms with van der Waals surface area (Å²) in [5.41, 5.74) is 3.26. The van der Waals surface area contributed by atoms with Gasteiger partial charge in [-0.25, -0.2) is 0 Å². The van der Waals surface area contributed by atoms with E-state index in [1.165, 1.54) is 5.57 Å². The second-order valence-corrected chi connectivity index (χ2v) is 10.9. The molecule has 33 heavy (non-hydrogen) atoms. The second kappa shape index (κ2) is 10.9. The molecule has 1 unspecified atom stereocenters. The molecule has 5 nitrogen and oxygen atoms in total. The van der Waals surface area contributed by atoms with Gasteiger partial charge in [0.2, 0.25) is 5.91 Å². The van der Waals surface area contributed by atoms with Crippen LogP contribution in [0, 0.1) is 23.2 Å². The van der Waals surface area contributed by atoms with Gasteiger partial charge in [-0.3, -0.25) is 4.79 Å². The van der Waals surface area contributed by atoms with E-state index in [1.807, 2.05) is 13.8 Å². The van der Waals surface area contributed by atoms with Gasteiger partial charge in [-0.1, -0.05) is 38.2 Å². The Balaban J connectivity index is 1.73. The van der Waals surface area contributed by atoms with Crippen molar-refractivity contribution in [2.24, 2.45) is 23.2 Å². The highest BCUT2D eigenvalue weighted by molar-refractivity contribution is 5.76. The molecule has 3 saturated carbocycles. The minimum absolute atomic E-state index is 0.0481. The lowest BCUT2D eigenvalue weighted by Gasteiger charge is -2.45. The van der Waals surface area contributed by atoms with E-state index in [2.05, 4.69) is 32.6 Å². The van der Waals surface area contributed by atoms with Crippen molar-refractivity contribution in [3.8, 4) is 0 Å². The molecule has 0 bridgehead atoms. The molecule has 0 saturated heterocycles. The Morgan fingerprint density at radius 2 is 1.94 bits per heavy atom. The molecule has 3 fully saturated rings. The van der Waals surface area contributed by atoms with Gasteiger partial charge in [0.15, 0.2) is 0 Å². The third-order valence-electron chi connectivity index (χ3n) is 9.04. The molecule has 5 heteroatoms. The van der Waals surface area contributed by atoms with Gasteiger partial charge in [-0.15, -0.1) is 0 Å². The third kappa shape index (κ3) is 5.47. The van der Waals surface area contributed by atoms with E-state index in [0.717, 1.165) is 43.3 Å². The third-order valence-corrected chi connectivity index (χ3v) is 9.04. The second-order valence-electron chi connectivity index (χ2n) is 10.9. The van der Waals surface area contributed by atoms with E-state index in [4.69, 9.17) is 0 Å². The number of rotatable bonds is 7. The van der Waals surface area contributed by atoms with Crippen LogP contribution in [0.25, 0.3) is 0 Å². The number of fused-ring (bicyclic) bond motifs is 1. The normalized spacial score (nSPS) is 36.6. The van der Waals surface area contributed by atoms with Crippen LogP contribution in [0.2, 0.25) is 0 Å². The highest BCUT2D eigenvalue weighted by atomic mass is 16.3. The average molecular weight is 460 g/mol. The molecule has 3 rings (SSSR count). The van der Waals surface area contributed by atoms with Crippen LogP contribution in [-0.2, 0) is 4.79 Å². The van der Waals surface area contributed by atoms with Crippen molar-refractivity contribution in [1.29, 1.82) is 0 Å². The highest BCUT2D eigenvalue weighted by Gasteiger charge is 2.51. The van der Waals surface area contributed by atoms with Gasteiger partial charge in [0.05, 0.1) is 24.7 Å². The summed E-state index contributed by atoms with van der Waals surface area (Å²) in [7, 11) is 0. The summed E-state index contributed by atoms with van der Waals surface area (Å²) in [6, 6.07) is 0. The van der Waals surface area contributed by atoms with Crippen LogP contribution in [0.4, 0.5) is 0 Å². The van der Waals surface area contributed by atoms with Crippen molar-refractivity contribution in [3.63, 3.8) is 0 Å². The monoisotopic (exact) mass is 459 g/mol. The fraction of sp³-hybridized carbons (Fsp3) is 0.750. The quantitative estimate of drug-likeness (QED) is 0.528. The zero-order valence-electron chi connectivity index (χ0n) is 21.1. The standard InChI is InChI=1S/C28H45NO4/c1-6-29(7-2)27(33)17-26(32)19(4)23-12-13-24-20(9-8-14-28(23,24)5)10-11-21-15-22(30)16-25(31)18(21)3/h10-11,19,22-26,30-32H,3,6-9,12-17H2,1-2,4-5H3/b20-10?,21-11-/t19-,22-,23+,24-,25+,26?,28+/m0/s1. The molecule has 0 radical (unpaired) electrons. The van der Waals surface area contributed by atoms with E-state index in [9.17, 15) is 20.1 Å². The first-order valence-electron chi connectivity index (χ1n) is 13.0. The fourth-order valence-corrected chi connectivity index (χ4v) is 6.95. The largest absolute Gasteiger partial charge is 0.393 e. The summed E-state index contributed by atoms with van der Waals surface area (Å²) in [6.45, 7) is 13.9. The van der Waals surface area contributed by atoms with Crippen molar-refractivity contribution < 1.29 is 20.1 Å². The number of hydrogen-bond acceptors (Lipinski definition) is 4. The lowest BCUT2D eigenvalue weighted by molar-refractivity contribution is -0.134. The lowest BCUT2D eigenvalue weighted by atomic mass is 9.60. The predicted molar refractivity (Wildman–Crippen MR) is 132 cm³/mol. The topological polar surface area (TPSA) is 81.0 Å². The van der Waals surface area contributed by atoms with Crippen LogP contribution in [0.1, 0.15) is 79.1 Å². The maximum Gasteiger partial charge on any atom is 0.225 e. The number of carbonyl (C=O) groups excluding carboxylic acids is 1. The molecule has 0 aromatic rings. The number of aliphatic hydroxyl groups is 3. The number of amides is 1. The Labute approximate surface area is 200 Å². The summed E-state index contributed by atoms with van der Waals surface area (Å²) in [5, 5.41) is 31.2. The molecule has 3 aliphatic rings. The van der Waals surface area contributed by atoms with E-state index in [1.54, 1.807) is 4.90 Å². The average Bonchev–Trinajstić information content (AvgIpc) is 3.12. The maximum absolute atomic E-state index is 12.6. The Kier molecular flexibility index (Phi) is 8.63. The Morgan fingerprint density at radius 3 is 2.61 bits per heavy atom. The van der Waals surface area contributed by atoms with Crippen molar-refractivity contribution >= 4 is 5.91 Å². The number of nitrogens with zero attached hydrogens (tertiary/aromatic N) is 1. The van der Waals surface area contributed by atoms with Gasteiger partial charge < -0.3 is 20.2 Å². The zero-order valence-corrected chi connectivity index (χ0v) is 21.1. The molecule has 0 heterocycles. The van der Waals surface area contributed by atoms with Gasteiger partial charge in [0.1, 0.15) is 0 Å². The summed E-state index contributed by atoms with van der Waals surface area (Å²) in [5.74, 6) is 1.01. The number of hydrogen-bond donors (Lipinski definition) is 3. The summed E-state index contributed by atoms with van der Waals surface area (Å²) in [4.78, 5) is 14.4. The molecular weight excluding hydrogens is 414 g/mol. The minimum Gasteiger partial charge on any atom is -0.393 e. The van der Waals surface area contributed by atoms with Gasteiger partial charge in [-0.2, -0.15) is 0 Å². The molecule has 3 aliphatic carbocycles. The van der Waals surface area contributed by atoms with Crippen molar-refractivity contribution in [2.75, 3.05) is 13.1 Å². The number of carbonyl (C=O) groups is 1. The molecule has 1 amide bonds. The van der Waals surface area contributed by atoms with Crippen molar-refractivity contribution in [3.05, 3.63) is 35.5 Å². The summed E-state index contributed by atoms with van der Waals surface area (Å²) < 4.78 is 0. The first-order valence-corrected chi connectivity index (χ1v) is 13.0. The first-order chi connectivity index (χ1) is 15.6. The van der Waals surface area contributed by atoms with Crippen LogP contribution in [0.15, 0.2) is 35.5 Å².